The molecule has 0 aromatic rings. The van der Waals surface area contributed by atoms with E-state index in [9.17, 15) is 15.0 Å². The summed E-state index contributed by atoms with van der Waals surface area (Å²) in [4.78, 5) is 12.3. The Morgan fingerprint density at radius 3 is 1.88 bits per heavy atom. The van der Waals surface area contributed by atoms with Crippen molar-refractivity contribution in [3.63, 3.8) is 0 Å². The molecule has 0 spiro atoms. The minimum Gasteiger partial charge on any atom is -0.394 e. The molecule has 1 fully saturated rings. The van der Waals surface area contributed by atoms with Crippen molar-refractivity contribution in [3.05, 3.63) is 60.8 Å². The normalized spacial score (nSPS) is 18.6. The summed E-state index contributed by atoms with van der Waals surface area (Å²) in [6.07, 6.45) is 43.2. The second-order valence-corrected chi connectivity index (χ2v) is 12.0. The van der Waals surface area contributed by atoms with Crippen LogP contribution in [0.3, 0.4) is 0 Å². The molecular weight excluding hydrogens is 534 g/mol. The van der Waals surface area contributed by atoms with E-state index >= 15 is 0 Å². The summed E-state index contributed by atoms with van der Waals surface area (Å²) in [6.45, 7) is 4.16. The van der Waals surface area contributed by atoms with E-state index in [1.54, 1.807) is 6.08 Å². The van der Waals surface area contributed by atoms with E-state index in [2.05, 4.69) is 67.8 Å². The molecule has 4 atom stereocenters. The van der Waals surface area contributed by atoms with Crippen LogP contribution in [-0.4, -0.2) is 47.1 Å². The number of rotatable bonds is 29. The maximum absolute atomic E-state index is 12.3. The van der Waals surface area contributed by atoms with Gasteiger partial charge < -0.3 is 20.3 Å². The standard InChI is InChI=1S/C38H65NO4/c1-3-5-7-9-11-13-14-15-16-18-19-21-25-29-35(41)34(33-40)39-38(42)32-28-24-23-27-31-37-36(43-37)30-26-22-20-17-12-10-8-6-4-2/h7,9,12,17,22-23,25-27,29,34-37,40-41H,3-6,8,10-11,13-16,18-21,24,28,30-33H2,1-2H3,(H,39,42)/b9-7-,17-12-,26-22-,27-23-,29-25+/t34-,35+,36?,37?/m0/s1. The molecule has 1 rings (SSSR count). The molecule has 0 aromatic heterocycles. The predicted octanol–water partition coefficient (Wildman–Crippen LogP) is 9.21. The Kier molecular flexibility index (Phi) is 26.2. The molecule has 2 unspecified atom stereocenters. The third kappa shape index (κ3) is 24.1. The lowest BCUT2D eigenvalue weighted by molar-refractivity contribution is -0.122. The Balaban J connectivity index is 2.02. The van der Waals surface area contributed by atoms with Crippen LogP contribution in [0.15, 0.2) is 60.8 Å². The number of carbonyl (C=O) groups is 1. The van der Waals surface area contributed by atoms with Crippen LogP contribution in [0.2, 0.25) is 0 Å². The Labute approximate surface area is 264 Å². The number of hydrogen-bond acceptors (Lipinski definition) is 4. The van der Waals surface area contributed by atoms with Crippen LogP contribution < -0.4 is 5.32 Å². The van der Waals surface area contributed by atoms with Crippen LogP contribution >= 0.6 is 0 Å². The predicted molar refractivity (Wildman–Crippen MR) is 183 cm³/mol. The number of nitrogens with one attached hydrogen (secondary N) is 1. The zero-order valence-electron chi connectivity index (χ0n) is 27.6. The molecule has 1 saturated heterocycles. The van der Waals surface area contributed by atoms with Gasteiger partial charge in [-0.3, -0.25) is 4.79 Å². The van der Waals surface area contributed by atoms with E-state index in [1.807, 2.05) is 6.08 Å². The van der Waals surface area contributed by atoms with E-state index in [0.29, 0.717) is 18.6 Å². The first-order valence-corrected chi connectivity index (χ1v) is 17.6. The lowest BCUT2D eigenvalue weighted by Crippen LogP contribution is -2.45. The van der Waals surface area contributed by atoms with Gasteiger partial charge in [-0.15, -0.1) is 0 Å². The van der Waals surface area contributed by atoms with Gasteiger partial charge in [0, 0.05) is 6.42 Å². The molecule has 1 aliphatic heterocycles. The number of hydrogen-bond donors (Lipinski definition) is 3. The Morgan fingerprint density at radius 2 is 1.21 bits per heavy atom. The van der Waals surface area contributed by atoms with Crippen molar-refractivity contribution in [1.29, 1.82) is 0 Å². The molecule has 246 valence electrons. The SMILES string of the molecule is CCC/C=C\CCCCCCCC/C=C/[C@@H](O)[C@H](CO)NC(=O)CCC/C=C\CC1OC1C/C=C\C/C=C\CCCCC. The van der Waals surface area contributed by atoms with Crippen LogP contribution in [0.4, 0.5) is 0 Å². The Bertz CT molecular complexity index is 800. The molecule has 1 heterocycles. The van der Waals surface area contributed by atoms with Gasteiger partial charge in [0.2, 0.25) is 5.91 Å². The fraction of sp³-hybridized carbons (Fsp3) is 0.711. The third-order valence-corrected chi connectivity index (χ3v) is 7.85. The summed E-state index contributed by atoms with van der Waals surface area (Å²) in [7, 11) is 0. The second kappa shape index (κ2) is 28.8. The number of ether oxygens (including phenoxy) is 1. The quantitative estimate of drug-likeness (QED) is 0.0455. The van der Waals surface area contributed by atoms with E-state index in [0.717, 1.165) is 44.9 Å². The summed E-state index contributed by atoms with van der Waals surface area (Å²) < 4.78 is 5.75. The number of aliphatic hydroxyl groups is 2. The lowest BCUT2D eigenvalue weighted by atomic mass is 10.1. The molecule has 1 aliphatic rings. The van der Waals surface area contributed by atoms with Crippen molar-refractivity contribution in [2.45, 2.75) is 167 Å². The van der Waals surface area contributed by atoms with Gasteiger partial charge in [0.1, 0.15) is 0 Å². The van der Waals surface area contributed by atoms with Gasteiger partial charge >= 0.3 is 0 Å². The number of amides is 1. The zero-order valence-corrected chi connectivity index (χ0v) is 27.6. The monoisotopic (exact) mass is 599 g/mol. The molecule has 5 nitrogen and oxygen atoms in total. The van der Waals surface area contributed by atoms with Gasteiger partial charge in [-0.1, -0.05) is 120 Å². The molecule has 1 amide bonds. The third-order valence-electron chi connectivity index (χ3n) is 7.85. The highest BCUT2D eigenvalue weighted by Crippen LogP contribution is 2.29. The molecular formula is C38H65NO4. The molecule has 0 aromatic carbocycles. The summed E-state index contributed by atoms with van der Waals surface area (Å²) in [5.74, 6) is -0.131. The molecule has 0 radical (unpaired) electrons. The highest BCUT2D eigenvalue weighted by atomic mass is 16.6. The van der Waals surface area contributed by atoms with Crippen LogP contribution in [0.5, 0.6) is 0 Å². The smallest absolute Gasteiger partial charge is 0.220 e. The van der Waals surface area contributed by atoms with E-state index in [-0.39, 0.29) is 12.5 Å². The van der Waals surface area contributed by atoms with Crippen LogP contribution in [0.25, 0.3) is 0 Å². The number of allylic oxidation sites excluding steroid dienone is 7. The van der Waals surface area contributed by atoms with Gasteiger partial charge in [-0.25, -0.2) is 0 Å². The van der Waals surface area contributed by atoms with Gasteiger partial charge in [0.25, 0.3) is 0 Å². The van der Waals surface area contributed by atoms with Crippen molar-refractivity contribution in [1.82, 2.24) is 5.32 Å². The average molecular weight is 600 g/mol. The summed E-state index contributed by atoms with van der Waals surface area (Å²) >= 11 is 0. The van der Waals surface area contributed by atoms with Gasteiger partial charge in [-0.2, -0.15) is 0 Å². The number of carbonyl (C=O) groups excluding carboxylic acids is 1. The topological polar surface area (TPSA) is 82.1 Å². The van der Waals surface area contributed by atoms with Gasteiger partial charge in [0.05, 0.1) is 31.0 Å². The summed E-state index contributed by atoms with van der Waals surface area (Å²) in [5, 5.41) is 22.8. The van der Waals surface area contributed by atoms with E-state index < -0.39 is 12.1 Å². The van der Waals surface area contributed by atoms with Gasteiger partial charge in [0.15, 0.2) is 0 Å². The van der Waals surface area contributed by atoms with E-state index in [4.69, 9.17) is 4.74 Å². The summed E-state index contributed by atoms with van der Waals surface area (Å²) in [6, 6.07) is -0.662. The van der Waals surface area contributed by atoms with Crippen molar-refractivity contribution < 1.29 is 19.7 Å². The zero-order chi connectivity index (χ0) is 31.2. The maximum Gasteiger partial charge on any atom is 0.220 e. The number of epoxide rings is 1. The highest BCUT2D eigenvalue weighted by molar-refractivity contribution is 5.76. The molecule has 3 N–H and O–H groups in total. The fourth-order valence-corrected chi connectivity index (χ4v) is 4.98. The molecule has 5 heteroatoms. The highest BCUT2D eigenvalue weighted by Gasteiger charge is 2.35. The largest absolute Gasteiger partial charge is 0.394 e. The van der Waals surface area contributed by atoms with Crippen molar-refractivity contribution in [2.24, 2.45) is 0 Å². The fourth-order valence-electron chi connectivity index (χ4n) is 4.98. The van der Waals surface area contributed by atoms with Crippen molar-refractivity contribution >= 4 is 5.91 Å². The maximum atomic E-state index is 12.3. The summed E-state index contributed by atoms with van der Waals surface area (Å²) in [5.41, 5.74) is 0. The van der Waals surface area contributed by atoms with E-state index in [1.165, 1.54) is 77.0 Å². The Hall–Kier alpha value is -1.95. The second-order valence-electron chi connectivity index (χ2n) is 12.0. The Morgan fingerprint density at radius 1 is 0.674 bits per heavy atom. The number of aliphatic hydroxyl groups excluding tert-OH is 2. The average Bonchev–Trinajstić information content (AvgIpc) is 3.76. The molecule has 0 aliphatic carbocycles. The van der Waals surface area contributed by atoms with Crippen LogP contribution in [-0.2, 0) is 9.53 Å². The molecule has 0 saturated carbocycles. The molecule has 0 bridgehead atoms. The minimum absolute atomic E-state index is 0.131. The van der Waals surface area contributed by atoms with Crippen LogP contribution in [0, 0.1) is 0 Å². The minimum atomic E-state index is -0.872. The van der Waals surface area contributed by atoms with Gasteiger partial charge in [-0.05, 0) is 77.0 Å². The first-order chi connectivity index (χ1) is 21.1. The van der Waals surface area contributed by atoms with Crippen molar-refractivity contribution in [2.75, 3.05) is 6.61 Å². The first kappa shape index (κ1) is 39.1. The first-order valence-electron chi connectivity index (χ1n) is 17.6. The lowest BCUT2D eigenvalue weighted by Gasteiger charge is -2.19. The van der Waals surface area contributed by atoms with Crippen molar-refractivity contribution in [3.8, 4) is 0 Å². The molecule has 43 heavy (non-hydrogen) atoms. The van der Waals surface area contributed by atoms with Crippen LogP contribution in [0.1, 0.15) is 142 Å². The number of unbranched alkanes of at least 4 members (excludes halogenated alkanes) is 12.